The highest BCUT2D eigenvalue weighted by molar-refractivity contribution is 5.85. The second-order valence-corrected chi connectivity index (χ2v) is 5.49. The third-order valence-electron chi connectivity index (χ3n) is 3.83. The molecule has 0 aliphatic carbocycles. The fourth-order valence-electron chi connectivity index (χ4n) is 2.60. The van der Waals surface area contributed by atoms with E-state index in [1.54, 1.807) is 20.3 Å². The Bertz CT molecular complexity index is 665. The van der Waals surface area contributed by atoms with Gasteiger partial charge in [-0.25, -0.2) is 0 Å². The van der Waals surface area contributed by atoms with E-state index in [-0.39, 0.29) is 0 Å². The number of carbonyl (C=O) groups excluding carboxylic acids is 1. The number of aldehydes is 1. The molecule has 2 aromatic carbocycles. The van der Waals surface area contributed by atoms with Gasteiger partial charge in [0.25, 0.3) is 0 Å². The summed E-state index contributed by atoms with van der Waals surface area (Å²) in [6.07, 6.45) is 0.850. The zero-order valence-electron chi connectivity index (χ0n) is 14.2. The molecule has 24 heavy (non-hydrogen) atoms. The van der Waals surface area contributed by atoms with Crippen LogP contribution in [0.15, 0.2) is 42.5 Å². The Balaban J connectivity index is 2.45. The van der Waals surface area contributed by atoms with E-state index in [0.717, 1.165) is 36.2 Å². The lowest BCUT2D eigenvalue weighted by Crippen LogP contribution is -2.31. The summed E-state index contributed by atoms with van der Waals surface area (Å²) in [7, 11) is 3.37. The van der Waals surface area contributed by atoms with Crippen molar-refractivity contribution in [3.8, 4) is 11.1 Å². The van der Waals surface area contributed by atoms with Crippen LogP contribution >= 0.6 is 0 Å². The first-order chi connectivity index (χ1) is 11.7. The van der Waals surface area contributed by atoms with Gasteiger partial charge in [0.05, 0.1) is 13.2 Å². The standard InChI is InChI=1S/C19H24N2O3/c1-23-10-8-21(9-11-24-2)19-7-6-17(20)13-18(19)16-5-3-4-15(12-16)14-22/h3-7,12-14H,8-11,20H2,1-2H3. The molecular weight excluding hydrogens is 304 g/mol. The monoisotopic (exact) mass is 328 g/mol. The molecule has 0 fully saturated rings. The fourth-order valence-corrected chi connectivity index (χ4v) is 2.60. The van der Waals surface area contributed by atoms with Gasteiger partial charge in [0.2, 0.25) is 0 Å². The first-order valence-electron chi connectivity index (χ1n) is 7.87. The number of methoxy groups -OCH3 is 2. The van der Waals surface area contributed by atoms with Gasteiger partial charge in [0.15, 0.2) is 0 Å². The molecule has 0 aromatic heterocycles. The minimum atomic E-state index is 0.613. The minimum Gasteiger partial charge on any atom is -0.399 e. The molecule has 5 heteroatoms. The molecule has 0 aliphatic heterocycles. The number of hydrogen-bond donors (Lipinski definition) is 1. The van der Waals surface area contributed by atoms with Crippen LogP contribution < -0.4 is 10.6 Å². The lowest BCUT2D eigenvalue weighted by Gasteiger charge is -2.27. The van der Waals surface area contributed by atoms with E-state index in [1.807, 2.05) is 36.4 Å². The first kappa shape index (κ1) is 18.0. The molecule has 0 saturated carbocycles. The summed E-state index contributed by atoms with van der Waals surface area (Å²) in [5.41, 5.74) is 10.3. The van der Waals surface area contributed by atoms with Crippen molar-refractivity contribution in [3.63, 3.8) is 0 Å². The number of nitrogens with two attached hydrogens (primary N) is 1. The number of nitrogen functional groups attached to an aromatic ring is 1. The van der Waals surface area contributed by atoms with E-state index in [0.29, 0.717) is 24.5 Å². The molecular formula is C19H24N2O3. The van der Waals surface area contributed by atoms with E-state index in [1.165, 1.54) is 0 Å². The lowest BCUT2D eigenvalue weighted by atomic mass is 10.00. The number of benzene rings is 2. The van der Waals surface area contributed by atoms with Gasteiger partial charge in [-0.15, -0.1) is 0 Å². The average molecular weight is 328 g/mol. The molecule has 0 unspecified atom stereocenters. The molecule has 0 amide bonds. The van der Waals surface area contributed by atoms with Gasteiger partial charge in [-0.2, -0.15) is 0 Å². The zero-order chi connectivity index (χ0) is 17.4. The number of carbonyl (C=O) groups is 1. The van der Waals surface area contributed by atoms with Crippen LogP contribution in [0.25, 0.3) is 11.1 Å². The Morgan fingerprint density at radius 2 is 1.75 bits per heavy atom. The van der Waals surface area contributed by atoms with Crippen LogP contribution in [-0.4, -0.2) is 46.8 Å². The Kier molecular flexibility index (Phi) is 6.78. The third kappa shape index (κ3) is 4.57. The quantitative estimate of drug-likeness (QED) is 0.566. The molecule has 5 nitrogen and oxygen atoms in total. The lowest BCUT2D eigenvalue weighted by molar-refractivity contribution is 0.112. The van der Waals surface area contributed by atoms with Crippen molar-refractivity contribution in [2.75, 3.05) is 51.2 Å². The average Bonchev–Trinajstić information content (AvgIpc) is 2.62. The van der Waals surface area contributed by atoms with Crippen molar-refractivity contribution < 1.29 is 14.3 Å². The van der Waals surface area contributed by atoms with Crippen molar-refractivity contribution >= 4 is 17.7 Å². The van der Waals surface area contributed by atoms with Crippen molar-refractivity contribution in [2.45, 2.75) is 0 Å². The van der Waals surface area contributed by atoms with E-state index in [2.05, 4.69) is 4.90 Å². The topological polar surface area (TPSA) is 64.8 Å². The smallest absolute Gasteiger partial charge is 0.150 e. The highest BCUT2D eigenvalue weighted by Gasteiger charge is 2.13. The van der Waals surface area contributed by atoms with Crippen LogP contribution in [0.4, 0.5) is 11.4 Å². The van der Waals surface area contributed by atoms with Crippen molar-refractivity contribution in [3.05, 3.63) is 48.0 Å². The van der Waals surface area contributed by atoms with Crippen molar-refractivity contribution in [1.29, 1.82) is 0 Å². The highest BCUT2D eigenvalue weighted by Crippen LogP contribution is 2.33. The number of nitrogens with zero attached hydrogens (tertiary/aromatic N) is 1. The van der Waals surface area contributed by atoms with E-state index < -0.39 is 0 Å². The molecule has 128 valence electrons. The molecule has 0 atom stereocenters. The maximum Gasteiger partial charge on any atom is 0.150 e. The van der Waals surface area contributed by atoms with Crippen LogP contribution in [0.1, 0.15) is 10.4 Å². The molecule has 0 radical (unpaired) electrons. The zero-order valence-corrected chi connectivity index (χ0v) is 14.2. The van der Waals surface area contributed by atoms with E-state index in [4.69, 9.17) is 15.2 Å². The largest absolute Gasteiger partial charge is 0.399 e. The van der Waals surface area contributed by atoms with Gasteiger partial charge in [-0.05, 0) is 29.8 Å². The first-order valence-corrected chi connectivity index (χ1v) is 7.87. The molecule has 2 N–H and O–H groups in total. The van der Waals surface area contributed by atoms with Gasteiger partial charge < -0.3 is 20.1 Å². The number of anilines is 2. The Labute approximate surface area is 143 Å². The second-order valence-electron chi connectivity index (χ2n) is 5.49. The summed E-state index contributed by atoms with van der Waals surface area (Å²) in [4.78, 5) is 13.3. The molecule has 0 saturated heterocycles. The van der Waals surface area contributed by atoms with Crippen LogP contribution in [0.5, 0.6) is 0 Å². The maximum atomic E-state index is 11.1. The van der Waals surface area contributed by atoms with Crippen LogP contribution in [-0.2, 0) is 9.47 Å². The molecule has 0 spiro atoms. The van der Waals surface area contributed by atoms with E-state index >= 15 is 0 Å². The molecule has 0 heterocycles. The van der Waals surface area contributed by atoms with Gasteiger partial charge in [0, 0.05) is 49.8 Å². The molecule has 0 bridgehead atoms. The summed E-state index contributed by atoms with van der Waals surface area (Å²) in [6, 6.07) is 13.3. The Hall–Kier alpha value is -2.37. The fraction of sp³-hybridized carbons (Fsp3) is 0.316. The van der Waals surface area contributed by atoms with Crippen molar-refractivity contribution in [2.24, 2.45) is 0 Å². The van der Waals surface area contributed by atoms with Crippen LogP contribution in [0.2, 0.25) is 0 Å². The van der Waals surface area contributed by atoms with Crippen LogP contribution in [0, 0.1) is 0 Å². The highest BCUT2D eigenvalue weighted by atomic mass is 16.5. The summed E-state index contributed by atoms with van der Waals surface area (Å²) >= 11 is 0. The number of hydrogen-bond acceptors (Lipinski definition) is 5. The van der Waals surface area contributed by atoms with Crippen LogP contribution in [0.3, 0.4) is 0 Å². The number of rotatable bonds is 9. The predicted molar refractivity (Wildman–Crippen MR) is 97.6 cm³/mol. The Morgan fingerprint density at radius 1 is 1.04 bits per heavy atom. The minimum absolute atomic E-state index is 0.613. The summed E-state index contributed by atoms with van der Waals surface area (Å²) in [6.45, 7) is 2.71. The molecule has 2 aromatic rings. The molecule has 2 rings (SSSR count). The van der Waals surface area contributed by atoms with E-state index in [9.17, 15) is 4.79 Å². The maximum absolute atomic E-state index is 11.1. The Morgan fingerprint density at radius 3 is 2.38 bits per heavy atom. The SMILES string of the molecule is COCCN(CCOC)c1ccc(N)cc1-c1cccc(C=O)c1. The van der Waals surface area contributed by atoms with Gasteiger partial charge >= 0.3 is 0 Å². The summed E-state index contributed by atoms with van der Waals surface area (Å²) in [5, 5.41) is 0. The summed E-state index contributed by atoms with van der Waals surface area (Å²) in [5.74, 6) is 0. The van der Waals surface area contributed by atoms with Crippen molar-refractivity contribution in [1.82, 2.24) is 0 Å². The van der Waals surface area contributed by atoms with Gasteiger partial charge in [-0.1, -0.05) is 18.2 Å². The third-order valence-corrected chi connectivity index (χ3v) is 3.83. The second kappa shape index (κ2) is 9.05. The van der Waals surface area contributed by atoms with Gasteiger partial charge in [-0.3, -0.25) is 4.79 Å². The molecule has 0 aliphatic rings. The van der Waals surface area contributed by atoms with Gasteiger partial charge in [0.1, 0.15) is 6.29 Å². The normalized spacial score (nSPS) is 10.6. The number of ether oxygens (including phenoxy) is 2. The summed E-state index contributed by atoms with van der Waals surface area (Å²) < 4.78 is 10.5. The predicted octanol–water partition coefficient (Wildman–Crippen LogP) is 2.85.